The molecule has 7 heteroatoms. The number of hydrogen-bond donors (Lipinski definition) is 2. The average molecular weight is 446 g/mol. The van der Waals surface area contributed by atoms with Crippen LogP contribution in [0.3, 0.4) is 0 Å². The van der Waals surface area contributed by atoms with E-state index in [4.69, 9.17) is 9.15 Å². The SMILES string of the molecule is CCOC(=O)c1c(C)oc2c1c(C(c1ccncc1)N1CCNCC1)c(O)c1ccccc12. The van der Waals surface area contributed by atoms with Gasteiger partial charge in [-0.3, -0.25) is 9.88 Å². The maximum atomic E-state index is 13.1. The Morgan fingerprint density at radius 2 is 1.88 bits per heavy atom. The summed E-state index contributed by atoms with van der Waals surface area (Å²) in [5, 5.41) is 17.2. The average Bonchev–Trinajstić information content (AvgIpc) is 3.20. The van der Waals surface area contributed by atoms with Crippen molar-refractivity contribution in [1.29, 1.82) is 0 Å². The van der Waals surface area contributed by atoms with Gasteiger partial charge < -0.3 is 19.6 Å². The lowest BCUT2D eigenvalue weighted by atomic mass is 9.89. The first-order valence-electron chi connectivity index (χ1n) is 11.3. The second-order valence-corrected chi connectivity index (χ2v) is 8.23. The first-order chi connectivity index (χ1) is 16.1. The van der Waals surface area contributed by atoms with Gasteiger partial charge in [-0.15, -0.1) is 0 Å². The summed E-state index contributed by atoms with van der Waals surface area (Å²) in [4.78, 5) is 19.6. The van der Waals surface area contributed by atoms with Crippen LogP contribution in [-0.2, 0) is 4.74 Å². The Bertz CT molecular complexity index is 1310. The van der Waals surface area contributed by atoms with Gasteiger partial charge >= 0.3 is 5.97 Å². The number of furan rings is 1. The Kier molecular flexibility index (Phi) is 5.74. The summed E-state index contributed by atoms with van der Waals surface area (Å²) in [6, 6.07) is 11.2. The van der Waals surface area contributed by atoms with Gasteiger partial charge in [-0.05, 0) is 31.5 Å². The van der Waals surface area contributed by atoms with E-state index >= 15 is 0 Å². The number of esters is 1. The van der Waals surface area contributed by atoms with E-state index in [2.05, 4.69) is 15.2 Å². The smallest absolute Gasteiger partial charge is 0.342 e. The van der Waals surface area contributed by atoms with Crippen LogP contribution in [-0.4, -0.2) is 53.7 Å². The van der Waals surface area contributed by atoms with Crippen LogP contribution in [0.15, 0.2) is 53.2 Å². The van der Waals surface area contributed by atoms with E-state index in [1.54, 1.807) is 26.2 Å². The highest BCUT2D eigenvalue weighted by Gasteiger charge is 2.34. The first kappa shape index (κ1) is 21.4. The molecule has 1 aliphatic rings. The largest absolute Gasteiger partial charge is 0.507 e. The molecule has 2 N–H and O–H groups in total. The number of phenols is 1. The third kappa shape index (κ3) is 3.63. The number of rotatable bonds is 5. The molecule has 1 fully saturated rings. The molecule has 2 aromatic carbocycles. The molecular formula is C26H27N3O4. The van der Waals surface area contributed by atoms with Gasteiger partial charge in [0, 0.05) is 60.3 Å². The molecule has 170 valence electrons. The van der Waals surface area contributed by atoms with E-state index in [0.29, 0.717) is 33.2 Å². The zero-order valence-electron chi connectivity index (χ0n) is 18.8. The lowest BCUT2D eigenvalue weighted by molar-refractivity contribution is 0.0526. The highest BCUT2D eigenvalue weighted by atomic mass is 16.5. The van der Waals surface area contributed by atoms with Gasteiger partial charge in [0.25, 0.3) is 0 Å². The van der Waals surface area contributed by atoms with Gasteiger partial charge in [-0.25, -0.2) is 4.79 Å². The molecule has 0 bridgehead atoms. The summed E-state index contributed by atoms with van der Waals surface area (Å²) >= 11 is 0. The van der Waals surface area contributed by atoms with Gasteiger partial charge in [-0.2, -0.15) is 0 Å². The highest BCUT2D eigenvalue weighted by Crippen LogP contribution is 2.47. The molecule has 0 spiro atoms. The van der Waals surface area contributed by atoms with Gasteiger partial charge in [0.05, 0.1) is 12.6 Å². The van der Waals surface area contributed by atoms with Crippen LogP contribution in [0.5, 0.6) is 5.75 Å². The Morgan fingerprint density at radius 1 is 1.18 bits per heavy atom. The van der Waals surface area contributed by atoms with E-state index in [-0.39, 0.29) is 18.4 Å². The van der Waals surface area contributed by atoms with Gasteiger partial charge in [-0.1, -0.05) is 24.3 Å². The number of aryl methyl sites for hydroxylation is 1. The standard InChI is InChI=1S/C26H27N3O4/c1-3-32-26(31)20-16(2)33-25-19-7-5-4-6-18(19)24(30)22(21(20)25)23(17-8-10-27-11-9-17)29-14-12-28-13-15-29/h4-11,23,28,30H,3,12-15H2,1-2H3. The molecular weight excluding hydrogens is 418 g/mol. The summed E-state index contributed by atoms with van der Waals surface area (Å²) in [6.07, 6.45) is 3.51. The monoisotopic (exact) mass is 445 g/mol. The summed E-state index contributed by atoms with van der Waals surface area (Å²) < 4.78 is 11.6. The maximum absolute atomic E-state index is 13.1. The number of fused-ring (bicyclic) bond motifs is 3. The topological polar surface area (TPSA) is 87.8 Å². The molecule has 0 aliphatic carbocycles. The van der Waals surface area contributed by atoms with E-state index in [0.717, 1.165) is 37.1 Å². The molecule has 3 heterocycles. The molecule has 0 amide bonds. The lowest BCUT2D eigenvalue weighted by Gasteiger charge is -2.36. The van der Waals surface area contributed by atoms with Crippen LogP contribution in [0.25, 0.3) is 21.7 Å². The number of phenolic OH excluding ortho intramolecular Hbond substituents is 1. The van der Waals surface area contributed by atoms with Crippen molar-refractivity contribution < 1.29 is 19.1 Å². The molecule has 4 aromatic rings. The van der Waals surface area contributed by atoms with Gasteiger partial charge in [0.15, 0.2) is 0 Å². The highest BCUT2D eigenvalue weighted by molar-refractivity contribution is 6.16. The van der Waals surface area contributed by atoms with Crippen LogP contribution < -0.4 is 5.32 Å². The van der Waals surface area contributed by atoms with Gasteiger partial charge in [0.1, 0.15) is 22.7 Å². The number of carbonyl (C=O) groups is 1. The molecule has 1 saturated heterocycles. The van der Waals surface area contributed by atoms with Crippen molar-refractivity contribution in [2.75, 3.05) is 32.8 Å². The number of hydrogen-bond acceptors (Lipinski definition) is 7. The van der Waals surface area contributed by atoms with Crippen LogP contribution in [0.2, 0.25) is 0 Å². The number of ether oxygens (including phenoxy) is 1. The minimum Gasteiger partial charge on any atom is -0.507 e. The van der Waals surface area contributed by atoms with E-state index < -0.39 is 5.97 Å². The van der Waals surface area contributed by atoms with Crippen LogP contribution in [0.4, 0.5) is 0 Å². The number of pyridine rings is 1. The summed E-state index contributed by atoms with van der Waals surface area (Å²) in [5.74, 6) is 0.192. The Balaban J connectivity index is 1.89. The number of nitrogens with one attached hydrogen (secondary N) is 1. The predicted octanol–water partition coefficient (Wildman–Crippen LogP) is 4.17. The Labute approximate surface area is 192 Å². The molecule has 7 nitrogen and oxygen atoms in total. The quantitative estimate of drug-likeness (QED) is 0.446. The predicted molar refractivity (Wildman–Crippen MR) is 127 cm³/mol. The number of piperazine rings is 1. The number of nitrogens with zero attached hydrogens (tertiary/aromatic N) is 2. The van der Waals surface area contributed by atoms with Crippen molar-refractivity contribution in [3.8, 4) is 5.75 Å². The first-order valence-corrected chi connectivity index (χ1v) is 11.3. The lowest BCUT2D eigenvalue weighted by Crippen LogP contribution is -2.45. The fourth-order valence-corrected chi connectivity index (χ4v) is 4.90. The maximum Gasteiger partial charge on any atom is 0.342 e. The molecule has 1 unspecified atom stereocenters. The van der Waals surface area contributed by atoms with Crippen molar-refractivity contribution in [3.63, 3.8) is 0 Å². The van der Waals surface area contributed by atoms with Crippen molar-refractivity contribution in [2.45, 2.75) is 19.9 Å². The van der Waals surface area contributed by atoms with Gasteiger partial charge in [0.2, 0.25) is 0 Å². The Morgan fingerprint density at radius 3 is 2.58 bits per heavy atom. The van der Waals surface area contributed by atoms with Crippen molar-refractivity contribution >= 4 is 27.7 Å². The van der Waals surface area contributed by atoms with Crippen LogP contribution in [0.1, 0.15) is 40.2 Å². The van der Waals surface area contributed by atoms with E-state index in [1.807, 2.05) is 36.4 Å². The third-order valence-electron chi connectivity index (χ3n) is 6.33. The zero-order valence-corrected chi connectivity index (χ0v) is 18.8. The van der Waals surface area contributed by atoms with Crippen LogP contribution >= 0.6 is 0 Å². The number of carbonyl (C=O) groups excluding carboxylic acids is 1. The fourth-order valence-electron chi connectivity index (χ4n) is 4.90. The summed E-state index contributed by atoms with van der Waals surface area (Å²) in [6.45, 7) is 7.09. The van der Waals surface area contributed by atoms with Crippen molar-refractivity contribution in [1.82, 2.24) is 15.2 Å². The fraction of sp³-hybridized carbons (Fsp3) is 0.308. The third-order valence-corrected chi connectivity index (χ3v) is 6.33. The number of aromatic nitrogens is 1. The molecule has 5 rings (SSSR count). The number of benzene rings is 2. The molecule has 1 aliphatic heterocycles. The molecule has 33 heavy (non-hydrogen) atoms. The molecule has 2 aromatic heterocycles. The van der Waals surface area contributed by atoms with Crippen molar-refractivity contribution in [2.24, 2.45) is 0 Å². The second kappa shape index (κ2) is 8.84. The minimum absolute atomic E-state index is 0.157. The van der Waals surface area contributed by atoms with E-state index in [1.165, 1.54) is 0 Å². The minimum atomic E-state index is -0.446. The molecule has 0 saturated carbocycles. The summed E-state index contributed by atoms with van der Waals surface area (Å²) in [5.41, 5.74) is 2.62. The Hall–Kier alpha value is -3.42. The van der Waals surface area contributed by atoms with Crippen molar-refractivity contribution in [3.05, 3.63) is 71.2 Å². The number of aromatic hydroxyl groups is 1. The van der Waals surface area contributed by atoms with Crippen LogP contribution in [0, 0.1) is 6.92 Å². The summed E-state index contributed by atoms with van der Waals surface area (Å²) in [7, 11) is 0. The molecule has 1 atom stereocenters. The molecule has 0 radical (unpaired) electrons. The normalized spacial score (nSPS) is 15.7. The zero-order chi connectivity index (χ0) is 22.9. The van der Waals surface area contributed by atoms with E-state index in [9.17, 15) is 9.90 Å². The second-order valence-electron chi connectivity index (χ2n) is 8.23.